The van der Waals surface area contributed by atoms with E-state index >= 15 is 0 Å². The summed E-state index contributed by atoms with van der Waals surface area (Å²) < 4.78 is 10.8. The summed E-state index contributed by atoms with van der Waals surface area (Å²) in [4.78, 5) is 26.2. The smallest absolute Gasteiger partial charge is 0.316 e. The molecule has 1 aromatic rings. The molecule has 134 valence electrons. The standard InChI is InChI=1S/C20H25NO4/c1-20(2,3)25-19(23)16-11-14-8-9-17(22)18(16)21(14)12-13-6-5-7-15(10-13)24-4/h5-10,14,16,18H,11-12H2,1-4H3/p+1/t14-,16+,18-/m1/s1. The van der Waals surface area contributed by atoms with Crippen LogP contribution in [0.2, 0.25) is 0 Å². The van der Waals surface area contributed by atoms with Crippen molar-refractivity contribution >= 4 is 11.8 Å². The van der Waals surface area contributed by atoms with Crippen molar-refractivity contribution in [2.45, 2.75) is 51.4 Å². The summed E-state index contributed by atoms with van der Waals surface area (Å²) in [6.45, 7) is 6.24. The topological polar surface area (TPSA) is 57.0 Å². The lowest BCUT2D eigenvalue weighted by molar-refractivity contribution is -0.936. The summed E-state index contributed by atoms with van der Waals surface area (Å²) in [7, 11) is 1.64. The number of hydrogen-bond donors (Lipinski definition) is 1. The number of hydrogen-bond acceptors (Lipinski definition) is 4. The van der Waals surface area contributed by atoms with Crippen LogP contribution in [0.15, 0.2) is 36.4 Å². The number of esters is 1. The predicted molar refractivity (Wildman–Crippen MR) is 93.3 cm³/mol. The first kappa shape index (κ1) is 17.7. The molecule has 2 bridgehead atoms. The molecule has 0 radical (unpaired) electrons. The van der Waals surface area contributed by atoms with E-state index in [0.717, 1.165) is 16.2 Å². The van der Waals surface area contributed by atoms with Crippen LogP contribution in [-0.4, -0.2) is 36.5 Å². The van der Waals surface area contributed by atoms with Crippen molar-refractivity contribution < 1.29 is 24.0 Å². The first-order valence-corrected chi connectivity index (χ1v) is 8.72. The average molecular weight is 344 g/mol. The van der Waals surface area contributed by atoms with Gasteiger partial charge in [-0.25, -0.2) is 0 Å². The van der Waals surface area contributed by atoms with E-state index in [2.05, 4.69) is 0 Å². The molecule has 0 saturated carbocycles. The SMILES string of the molecule is COc1cccc(C[NH+]2[C@@H]3C=CC(=O)[C@H]2[C@@H](C(=O)OC(C)(C)C)C3)c1. The Kier molecular flexibility index (Phi) is 4.69. The molecule has 1 N–H and O–H groups in total. The number of rotatable bonds is 4. The van der Waals surface area contributed by atoms with Crippen LogP contribution in [0.4, 0.5) is 0 Å². The Labute approximate surface area is 148 Å². The molecule has 5 heteroatoms. The van der Waals surface area contributed by atoms with Gasteiger partial charge in [0.1, 0.15) is 29.9 Å². The number of nitrogens with one attached hydrogen (secondary N) is 1. The molecule has 2 aliphatic rings. The van der Waals surface area contributed by atoms with Crippen LogP contribution >= 0.6 is 0 Å². The van der Waals surface area contributed by atoms with E-state index in [9.17, 15) is 9.59 Å². The Balaban J connectivity index is 1.81. The van der Waals surface area contributed by atoms with E-state index < -0.39 is 5.60 Å². The van der Waals surface area contributed by atoms with Gasteiger partial charge >= 0.3 is 5.97 Å². The summed E-state index contributed by atoms with van der Waals surface area (Å²) >= 11 is 0. The Hall–Kier alpha value is -2.14. The van der Waals surface area contributed by atoms with Gasteiger partial charge in [0.15, 0.2) is 6.04 Å². The van der Waals surface area contributed by atoms with Gasteiger partial charge in [-0.3, -0.25) is 9.59 Å². The minimum atomic E-state index is -0.544. The maximum atomic E-state index is 12.6. The van der Waals surface area contributed by atoms with Crippen molar-refractivity contribution in [3.05, 3.63) is 42.0 Å². The minimum Gasteiger partial charge on any atom is -0.497 e. The first-order chi connectivity index (χ1) is 11.8. The summed E-state index contributed by atoms with van der Waals surface area (Å²) in [5.74, 6) is 0.168. The van der Waals surface area contributed by atoms with Crippen LogP contribution in [0.25, 0.3) is 0 Å². The summed E-state index contributed by atoms with van der Waals surface area (Å²) in [6.07, 6.45) is 4.23. The third-order valence-corrected chi connectivity index (χ3v) is 4.84. The van der Waals surface area contributed by atoms with Gasteiger partial charge in [-0.1, -0.05) is 12.1 Å². The molecule has 2 aliphatic heterocycles. The number of quaternary nitrogens is 1. The van der Waals surface area contributed by atoms with Gasteiger partial charge < -0.3 is 14.4 Å². The summed E-state index contributed by atoms with van der Waals surface area (Å²) in [5.41, 5.74) is 0.550. The fourth-order valence-electron chi connectivity index (χ4n) is 3.82. The van der Waals surface area contributed by atoms with E-state index in [0.29, 0.717) is 13.0 Å². The van der Waals surface area contributed by atoms with Crippen LogP contribution in [0, 0.1) is 5.92 Å². The second-order valence-electron chi connectivity index (χ2n) is 7.82. The third-order valence-electron chi connectivity index (χ3n) is 4.84. The second kappa shape index (κ2) is 6.64. The molecular formula is C20H26NO4+. The molecule has 0 amide bonds. The van der Waals surface area contributed by atoms with Crippen LogP contribution in [0.1, 0.15) is 32.8 Å². The Morgan fingerprint density at radius 1 is 1.32 bits per heavy atom. The fraction of sp³-hybridized carbons (Fsp3) is 0.500. The quantitative estimate of drug-likeness (QED) is 0.837. The lowest BCUT2D eigenvalue weighted by Crippen LogP contribution is -3.17. The van der Waals surface area contributed by atoms with E-state index in [-0.39, 0.29) is 29.8 Å². The number of ketones is 1. The van der Waals surface area contributed by atoms with Gasteiger partial charge in [-0.05, 0) is 45.1 Å². The molecule has 0 spiro atoms. The van der Waals surface area contributed by atoms with Crippen LogP contribution < -0.4 is 9.64 Å². The predicted octanol–water partition coefficient (Wildman–Crippen LogP) is 1.32. The van der Waals surface area contributed by atoms with Gasteiger partial charge in [0.05, 0.1) is 7.11 Å². The minimum absolute atomic E-state index is 0.0162. The highest BCUT2D eigenvalue weighted by molar-refractivity contribution is 5.97. The molecule has 4 atom stereocenters. The summed E-state index contributed by atoms with van der Waals surface area (Å²) in [6, 6.07) is 7.65. The van der Waals surface area contributed by atoms with Crippen LogP contribution in [-0.2, 0) is 20.9 Å². The fourth-order valence-corrected chi connectivity index (χ4v) is 3.82. The maximum Gasteiger partial charge on any atom is 0.316 e. The molecule has 1 aromatic carbocycles. The summed E-state index contributed by atoms with van der Waals surface area (Å²) in [5, 5.41) is 0. The molecule has 1 unspecified atom stereocenters. The van der Waals surface area contributed by atoms with Gasteiger partial charge in [-0.15, -0.1) is 0 Å². The highest BCUT2D eigenvalue weighted by Gasteiger charge is 2.53. The van der Waals surface area contributed by atoms with Gasteiger partial charge in [0, 0.05) is 12.0 Å². The maximum absolute atomic E-state index is 12.6. The molecule has 1 saturated heterocycles. The number of carbonyl (C=O) groups excluding carboxylic acids is 2. The molecular weight excluding hydrogens is 318 g/mol. The Bertz CT molecular complexity index is 704. The van der Waals surface area contributed by atoms with Crippen molar-refractivity contribution in [3.8, 4) is 5.75 Å². The normalized spacial score (nSPS) is 28.1. The number of methoxy groups -OCH3 is 1. The highest BCUT2D eigenvalue weighted by atomic mass is 16.6. The van der Waals surface area contributed by atoms with Crippen LogP contribution in [0.3, 0.4) is 0 Å². The molecule has 3 rings (SSSR count). The largest absolute Gasteiger partial charge is 0.497 e. The lowest BCUT2D eigenvalue weighted by atomic mass is 9.97. The Morgan fingerprint density at radius 3 is 2.76 bits per heavy atom. The van der Waals surface area contributed by atoms with Crippen molar-refractivity contribution in [2.24, 2.45) is 5.92 Å². The third kappa shape index (κ3) is 3.76. The van der Waals surface area contributed by atoms with Crippen molar-refractivity contribution in [1.82, 2.24) is 0 Å². The van der Waals surface area contributed by atoms with Gasteiger partial charge in [0.2, 0.25) is 5.78 Å². The lowest BCUT2D eigenvalue weighted by Gasteiger charge is -2.29. The number of ether oxygens (including phenoxy) is 2. The van der Waals surface area contributed by atoms with Crippen LogP contribution in [0.5, 0.6) is 5.75 Å². The number of carbonyl (C=O) groups is 2. The van der Waals surface area contributed by atoms with Gasteiger partial charge in [0.25, 0.3) is 0 Å². The zero-order valence-corrected chi connectivity index (χ0v) is 15.2. The molecule has 2 heterocycles. The highest BCUT2D eigenvalue weighted by Crippen LogP contribution is 2.26. The van der Waals surface area contributed by atoms with E-state index in [4.69, 9.17) is 9.47 Å². The molecule has 5 nitrogen and oxygen atoms in total. The second-order valence-corrected chi connectivity index (χ2v) is 7.82. The van der Waals surface area contributed by atoms with E-state index in [1.165, 1.54) is 0 Å². The monoisotopic (exact) mass is 344 g/mol. The van der Waals surface area contributed by atoms with E-state index in [1.54, 1.807) is 13.2 Å². The zero-order chi connectivity index (χ0) is 18.2. The number of benzene rings is 1. The van der Waals surface area contributed by atoms with Crippen molar-refractivity contribution in [2.75, 3.05) is 7.11 Å². The van der Waals surface area contributed by atoms with E-state index in [1.807, 2.05) is 51.1 Å². The molecule has 25 heavy (non-hydrogen) atoms. The Morgan fingerprint density at radius 2 is 2.08 bits per heavy atom. The number of fused-ring (bicyclic) bond motifs is 2. The van der Waals surface area contributed by atoms with Crippen molar-refractivity contribution in [3.63, 3.8) is 0 Å². The average Bonchev–Trinajstić information content (AvgIpc) is 2.79. The first-order valence-electron chi connectivity index (χ1n) is 8.72. The molecule has 0 aromatic heterocycles. The van der Waals surface area contributed by atoms with Crippen molar-refractivity contribution in [1.29, 1.82) is 0 Å². The van der Waals surface area contributed by atoms with Gasteiger partial charge in [-0.2, -0.15) is 0 Å². The molecule has 1 fully saturated rings. The zero-order valence-electron chi connectivity index (χ0n) is 15.2. The molecule has 0 aliphatic carbocycles.